The molecule has 0 aliphatic carbocycles. The van der Waals surface area contributed by atoms with Gasteiger partial charge in [-0.2, -0.15) is 0 Å². The van der Waals surface area contributed by atoms with Gasteiger partial charge in [0.05, 0.1) is 6.61 Å². The molecule has 0 aromatic rings. The van der Waals surface area contributed by atoms with E-state index in [1.165, 1.54) is 148 Å². The van der Waals surface area contributed by atoms with Crippen LogP contribution in [0.5, 0.6) is 0 Å². The molecule has 0 radical (unpaired) electrons. The zero-order chi connectivity index (χ0) is 39.6. The summed E-state index contributed by atoms with van der Waals surface area (Å²) in [4.78, 5) is 42.9. The first kappa shape index (κ1) is 52.5. The molecule has 0 aromatic carbocycles. The topological polar surface area (TPSA) is 119 Å². The molecule has 0 spiro atoms. The van der Waals surface area contributed by atoms with E-state index in [2.05, 4.69) is 42.7 Å². The normalized spacial score (nSPS) is 12.6. The summed E-state index contributed by atoms with van der Waals surface area (Å²) in [7, 11) is -4.75. The largest absolute Gasteiger partial charge is 0.469 e. The number of unbranched alkanes of at least 4 members (excludes halogenated alkanes) is 28. The fourth-order valence-electron chi connectivity index (χ4n) is 6.54. The molecule has 0 aliphatic heterocycles. The third-order valence-electron chi connectivity index (χ3n) is 9.94. The minimum atomic E-state index is -4.75. The van der Waals surface area contributed by atoms with Crippen LogP contribution in [0.3, 0.4) is 0 Å². The van der Waals surface area contributed by atoms with Crippen molar-refractivity contribution in [1.82, 2.24) is 0 Å². The Kier molecular flexibility index (Phi) is 40.1. The van der Waals surface area contributed by atoms with Gasteiger partial charge in [-0.15, -0.1) is 0 Å². The second-order valence-electron chi connectivity index (χ2n) is 15.4. The summed E-state index contributed by atoms with van der Waals surface area (Å²) in [6.07, 6.45) is 47.5. The van der Waals surface area contributed by atoms with Crippen molar-refractivity contribution < 1.29 is 37.9 Å². The van der Waals surface area contributed by atoms with Crippen LogP contribution in [0, 0.1) is 0 Å². The number of hydrogen-bond acceptors (Lipinski definition) is 6. The summed E-state index contributed by atoms with van der Waals surface area (Å²) in [5.74, 6) is -0.883. The maximum atomic E-state index is 12.4. The van der Waals surface area contributed by atoms with Crippen LogP contribution in [0.4, 0.5) is 0 Å². The second kappa shape index (κ2) is 41.2. The average Bonchev–Trinajstić information content (AvgIpc) is 3.14. The third kappa shape index (κ3) is 43.3. The molecule has 0 saturated heterocycles. The molecular weight excluding hydrogens is 699 g/mol. The molecule has 0 fully saturated rings. The van der Waals surface area contributed by atoms with Gasteiger partial charge in [0.1, 0.15) is 6.61 Å². The second-order valence-corrected chi connectivity index (χ2v) is 16.6. The van der Waals surface area contributed by atoms with Gasteiger partial charge in [0.25, 0.3) is 0 Å². The smallest absolute Gasteiger partial charge is 0.462 e. The Hall–Kier alpha value is -1.47. The highest BCUT2D eigenvalue weighted by atomic mass is 31.2. The molecule has 0 saturated carbocycles. The monoisotopic (exact) mass is 785 g/mol. The van der Waals surface area contributed by atoms with Gasteiger partial charge < -0.3 is 19.3 Å². The van der Waals surface area contributed by atoms with Crippen molar-refractivity contribution in [2.75, 3.05) is 13.2 Å². The SMILES string of the molecule is CCCCCCCC/C=C\CCCCCCCCCCCC(=O)O[C@H](COC(=O)CCCCCCCCC/C=C\CCCCCCCC)COP(=O)(O)O. The minimum Gasteiger partial charge on any atom is -0.462 e. The fourth-order valence-corrected chi connectivity index (χ4v) is 6.90. The van der Waals surface area contributed by atoms with Crippen LogP contribution in [0.25, 0.3) is 0 Å². The highest BCUT2D eigenvalue weighted by Gasteiger charge is 2.22. The van der Waals surface area contributed by atoms with E-state index in [1.54, 1.807) is 0 Å². The van der Waals surface area contributed by atoms with Gasteiger partial charge in [-0.05, 0) is 64.2 Å². The van der Waals surface area contributed by atoms with Gasteiger partial charge in [0.15, 0.2) is 6.10 Å². The first-order valence-electron chi connectivity index (χ1n) is 22.6. The molecule has 54 heavy (non-hydrogen) atoms. The van der Waals surface area contributed by atoms with E-state index in [1.807, 2.05) is 0 Å². The van der Waals surface area contributed by atoms with Crippen molar-refractivity contribution in [3.63, 3.8) is 0 Å². The van der Waals surface area contributed by atoms with Gasteiger partial charge in [-0.25, -0.2) is 4.57 Å². The number of allylic oxidation sites excluding steroid dienone is 4. The summed E-state index contributed by atoms with van der Waals surface area (Å²) in [6.45, 7) is 3.70. The zero-order valence-electron chi connectivity index (χ0n) is 35.1. The Morgan fingerprint density at radius 2 is 0.778 bits per heavy atom. The number of hydrogen-bond donors (Lipinski definition) is 2. The highest BCUT2D eigenvalue weighted by molar-refractivity contribution is 7.46. The highest BCUT2D eigenvalue weighted by Crippen LogP contribution is 2.36. The van der Waals surface area contributed by atoms with E-state index in [9.17, 15) is 14.2 Å². The summed E-state index contributed by atoms with van der Waals surface area (Å²) in [6, 6.07) is 0. The lowest BCUT2D eigenvalue weighted by Crippen LogP contribution is -2.29. The van der Waals surface area contributed by atoms with Crippen LogP contribution in [0.1, 0.15) is 232 Å². The molecule has 0 heterocycles. The molecule has 318 valence electrons. The molecule has 2 N–H and O–H groups in total. The molecule has 0 unspecified atom stereocenters. The number of phosphoric ester groups is 1. The third-order valence-corrected chi connectivity index (χ3v) is 10.4. The molecule has 0 rings (SSSR count). The summed E-state index contributed by atoms with van der Waals surface area (Å²) in [5.41, 5.74) is 0. The lowest BCUT2D eigenvalue weighted by molar-refractivity contribution is -0.161. The first-order valence-corrected chi connectivity index (χ1v) is 24.2. The molecule has 8 nitrogen and oxygen atoms in total. The lowest BCUT2D eigenvalue weighted by atomic mass is 10.1. The van der Waals surface area contributed by atoms with E-state index in [-0.39, 0.29) is 19.4 Å². The predicted molar refractivity (Wildman–Crippen MR) is 225 cm³/mol. The van der Waals surface area contributed by atoms with Crippen molar-refractivity contribution in [2.45, 2.75) is 238 Å². The number of rotatable bonds is 42. The van der Waals surface area contributed by atoms with Crippen LogP contribution in [-0.2, 0) is 28.2 Å². The van der Waals surface area contributed by atoms with Crippen LogP contribution in [-0.4, -0.2) is 41.0 Å². The number of esters is 2. The van der Waals surface area contributed by atoms with E-state index in [4.69, 9.17) is 19.3 Å². The molecule has 0 aliphatic rings. The Bertz CT molecular complexity index is 931. The van der Waals surface area contributed by atoms with E-state index >= 15 is 0 Å². The Balaban J connectivity index is 3.87. The van der Waals surface area contributed by atoms with Crippen LogP contribution in [0.15, 0.2) is 24.3 Å². The zero-order valence-corrected chi connectivity index (χ0v) is 36.0. The standard InChI is InChI=1S/C45H85O8P/c1-3-5-7-9-11-13-15-17-19-21-22-24-26-28-30-32-34-36-38-40-45(47)53-43(42-52-54(48,49)50)41-51-44(46)39-37-35-33-31-29-27-25-23-20-18-16-14-12-10-8-6-4-2/h17-20,43H,3-16,21-42H2,1-2H3,(H2,48,49,50)/b19-17-,20-18-/t43-/m1/s1. The van der Waals surface area contributed by atoms with E-state index < -0.39 is 32.5 Å². The molecule has 9 heteroatoms. The Labute approximate surface area is 332 Å². The molecular formula is C45H85O8P. The molecule has 0 amide bonds. The van der Waals surface area contributed by atoms with Crippen LogP contribution >= 0.6 is 7.82 Å². The number of carbonyl (C=O) groups excluding carboxylic acids is 2. The van der Waals surface area contributed by atoms with Gasteiger partial charge in [0.2, 0.25) is 0 Å². The fraction of sp³-hybridized carbons (Fsp3) is 0.867. The Morgan fingerprint density at radius 3 is 1.13 bits per heavy atom. The predicted octanol–water partition coefficient (Wildman–Crippen LogP) is 14.0. The molecule has 0 bridgehead atoms. The maximum absolute atomic E-state index is 12.4. The van der Waals surface area contributed by atoms with Crippen molar-refractivity contribution in [2.24, 2.45) is 0 Å². The van der Waals surface area contributed by atoms with Gasteiger partial charge in [-0.1, -0.05) is 179 Å². The van der Waals surface area contributed by atoms with Crippen molar-refractivity contribution in [3.8, 4) is 0 Å². The molecule has 1 atom stereocenters. The average molecular weight is 785 g/mol. The summed E-state index contributed by atoms with van der Waals surface area (Å²) >= 11 is 0. The van der Waals surface area contributed by atoms with Gasteiger partial charge in [-0.3, -0.25) is 14.1 Å². The van der Waals surface area contributed by atoms with E-state index in [0.717, 1.165) is 51.4 Å². The first-order chi connectivity index (χ1) is 26.3. The number of ether oxygens (including phenoxy) is 2. The van der Waals surface area contributed by atoms with Gasteiger partial charge >= 0.3 is 19.8 Å². The van der Waals surface area contributed by atoms with Crippen molar-refractivity contribution in [1.29, 1.82) is 0 Å². The number of phosphoric acid groups is 1. The summed E-state index contributed by atoms with van der Waals surface area (Å²) in [5, 5.41) is 0. The number of carbonyl (C=O) groups is 2. The lowest BCUT2D eigenvalue weighted by Gasteiger charge is -2.18. The Morgan fingerprint density at radius 1 is 0.463 bits per heavy atom. The summed E-state index contributed by atoms with van der Waals surface area (Å²) < 4.78 is 26.4. The molecule has 0 aromatic heterocycles. The van der Waals surface area contributed by atoms with Crippen molar-refractivity contribution in [3.05, 3.63) is 24.3 Å². The maximum Gasteiger partial charge on any atom is 0.469 e. The van der Waals surface area contributed by atoms with E-state index in [0.29, 0.717) is 6.42 Å². The minimum absolute atomic E-state index is 0.211. The quantitative estimate of drug-likeness (QED) is 0.0272. The van der Waals surface area contributed by atoms with Gasteiger partial charge in [0, 0.05) is 12.8 Å². The van der Waals surface area contributed by atoms with Crippen LogP contribution < -0.4 is 0 Å². The van der Waals surface area contributed by atoms with Crippen LogP contribution in [0.2, 0.25) is 0 Å². The van der Waals surface area contributed by atoms with Crippen molar-refractivity contribution >= 4 is 19.8 Å².